The fourth-order valence-corrected chi connectivity index (χ4v) is 5.08. The number of aliphatic hydroxyl groups is 2. The van der Waals surface area contributed by atoms with Crippen molar-refractivity contribution in [3.8, 4) is 5.69 Å². The first-order chi connectivity index (χ1) is 14.8. The van der Waals surface area contributed by atoms with Crippen molar-refractivity contribution in [2.75, 3.05) is 19.6 Å². The molecule has 8 nitrogen and oxygen atoms in total. The van der Waals surface area contributed by atoms with Crippen LogP contribution in [0, 0.1) is 5.82 Å². The highest BCUT2D eigenvalue weighted by Crippen LogP contribution is 2.27. The molecule has 10 heteroatoms. The highest BCUT2D eigenvalue weighted by atomic mass is 32.2. The van der Waals surface area contributed by atoms with E-state index in [0.717, 1.165) is 9.87 Å². The van der Waals surface area contributed by atoms with Crippen LogP contribution in [0.2, 0.25) is 0 Å². The Hall–Kier alpha value is -2.63. The van der Waals surface area contributed by atoms with Crippen molar-refractivity contribution in [2.45, 2.75) is 23.1 Å². The van der Waals surface area contributed by atoms with E-state index in [1.807, 2.05) is 0 Å². The van der Waals surface area contributed by atoms with E-state index in [0.29, 0.717) is 12.2 Å². The average molecular weight is 447 g/mol. The number of β-amino-alcohol motifs (C(OH)–C–C–N with tert-alkyl or cyclic N) is 2. The molecule has 31 heavy (non-hydrogen) atoms. The Morgan fingerprint density at radius 1 is 1.16 bits per heavy atom. The molecule has 0 saturated carbocycles. The number of rotatable bonds is 7. The third-order valence-electron chi connectivity index (χ3n) is 5.32. The van der Waals surface area contributed by atoms with Crippen LogP contribution in [0.15, 0.2) is 71.9 Å². The second-order valence-corrected chi connectivity index (χ2v) is 9.54. The summed E-state index contributed by atoms with van der Waals surface area (Å²) in [7, 11) is -3.80. The summed E-state index contributed by atoms with van der Waals surface area (Å²) in [6, 6.07) is 13.8. The number of sulfonamides is 1. The lowest BCUT2D eigenvalue weighted by Gasteiger charge is -2.26. The van der Waals surface area contributed by atoms with E-state index in [2.05, 4.69) is 10.4 Å². The number of nitrogens with zero attached hydrogens (tertiary/aromatic N) is 3. The summed E-state index contributed by atoms with van der Waals surface area (Å²) in [6.45, 7) is -0.0521. The Labute approximate surface area is 179 Å². The summed E-state index contributed by atoms with van der Waals surface area (Å²) in [6.07, 6.45) is 2.18. The van der Waals surface area contributed by atoms with Gasteiger partial charge in [-0.3, -0.25) is 0 Å². The van der Waals surface area contributed by atoms with Gasteiger partial charge < -0.3 is 15.5 Å². The summed E-state index contributed by atoms with van der Waals surface area (Å²) >= 11 is 0. The van der Waals surface area contributed by atoms with Crippen LogP contribution in [0.3, 0.4) is 0 Å². The molecule has 0 amide bonds. The summed E-state index contributed by atoms with van der Waals surface area (Å²) in [5, 5.41) is 28.5. The van der Waals surface area contributed by atoms with E-state index in [4.69, 9.17) is 0 Å². The van der Waals surface area contributed by atoms with Crippen LogP contribution >= 0.6 is 0 Å². The molecule has 0 aliphatic carbocycles. The van der Waals surface area contributed by atoms with Crippen LogP contribution in [0.1, 0.15) is 5.56 Å². The maximum absolute atomic E-state index is 13.1. The Balaban J connectivity index is 1.37. The van der Waals surface area contributed by atoms with Crippen molar-refractivity contribution in [2.24, 2.45) is 0 Å². The highest BCUT2D eigenvalue weighted by Gasteiger charge is 2.48. The normalized spacial score (nSPS) is 22.1. The van der Waals surface area contributed by atoms with Gasteiger partial charge in [-0.1, -0.05) is 18.2 Å². The molecule has 1 fully saturated rings. The summed E-state index contributed by atoms with van der Waals surface area (Å²) in [5.74, 6) is -0.329. The van der Waals surface area contributed by atoms with E-state index in [9.17, 15) is 23.0 Å². The van der Waals surface area contributed by atoms with Crippen LogP contribution in [-0.2, 0) is 16.6 Å². The molecule has 0 bridgehead atoms. The van der Waals surface area contributed by atoms with Crippen molar-refractivity contribution in [1.82, 2.24) is 19.4 Å². The lowest BCUT2D eigenvalue weighted by molar-refractivity contribution is -0.0384. The zero-order valence-electron chi connectivity index (χ0n) is 16.6. The van der Waals surface area contributed by atoms with Crippen LogP contribution in [-0.4, -0.2) is 64.1 Å². The topological polar surface area (TPSA) is 108 Å². The van der Waals surface area contributed by atoms with Crippen molar-refractivity contribution >= 4 is 10.0 Å². The van der Waals surface area contributed by atoms with E-state index in [1.165, 1.54) is 24.3 Å². The largest absolute Gasteiger partial charge is 0.389 e. The van der Waals surface area contributed by atoms with Crippen molar-refractivity contribution < 1.29 is 23.0 Å². The second-order valence-electron chi connectivity index (χ2n) is 7.60. The number of hydrogen-bond acceptors (Lipinski definition) is 6. The number of nitrogens with one attached hydrogen (secondary N) is 1. The van der Waals surface area contributed by atoms with Gasteiger partial charge in [0.1, 0.15) is 11.4 Å². The van der Waals surface area contributed by atoms with Gasteiger partial charge in [0.25, 0.3) is 0 Å². The first-order valence-corrected chi connectivity index (χ1v) is 11.2. The van der Waals surface area contributed by atoms with Gasteiger partial charge in [-0.15, -0.1) is 0 Å². The molecule has 164 valence electrons. The minimum absolute atomic E-state index is 0.00327. The Morgan fingerprint density at radius 3 is 2.58 bits per heavy atom. The van der Waals surface area contributed by atoms with E-state index >= 15 is 0 Å². The van der Waals surface area contributed by atoms with E-state index in [-0.39, 0.29) is 30.3 Å². The summed E-state index contributed by atoms with van der Waals surface area (Å²) < 4.78 is 41.3. The average Bonchev–Trinajstić information content (AvgIpc) is 3.34. The SMILES string of the molecule is O=S(=O)(c1ccccc1)N1C[C@@H](O)[C@](O)(CNCc2cnn(-c3ccc(F)cc3)c2)C1. The van der Waals surface area contributed by atoms with E-state index in [1.54, 1.807) is 47.4 Å². The second kappa shape index (κ2) is 8.48. The number of aliphatic hydroxyl groups excluding tert-OH is 1. The molecule has 3 N–H and O–H groups in total. The van der Waals surface area contributed by atoms with Gasteiger partial charge in [0, 0.05) is 37.9 Å². The van der Waals surface area contributed by atoms with Gasteiger partial charge >= 0.3 is 0 Å². The molecule has 2 heterocycles. The predicted octanol–water partition coefficient (Wildman–Crippen LogP) is 0.897. The Kier molecular flexibility index (Phi) is 5.91. The van der Waals surface area contributed by atoms with Crippen LogP contribution < -0.4 is 5.32 Å². The molecule has 0 spiro atoms. The van der Waals surface area contributed by atoms with E-state index < -0.39 is 21.7 Å². The summed E-state index contributed by atoms with van der Waals surface area (Å²) in [4.78, 5) is 0.118. The van der Waals surface area contributed by atoms with Gasteiger partial charge in [-0.05, 0) is 36.4 Å². The zero-order valence-corrected chi connectivity index (χ0v) is 17.4. The molecule has 1 aliphatic heterocycles. The van der Waals surface area contributed by atoms with Crippen LogP contribution in [0.25, 0.3) is 5.69 Å². The standard InChI is InChI=1S/C21H23FN4O4S/c22-17-6-8-18(9-7-17)26-12-16(11-24-26)10-23-14-21(28)15-25(13-20(21)27)31(29,30)19-4-2-1-3-5-19/h1-9,11-12,20,23,27-28H,10,13-15H2/t20-,21+/m1/s1. The molecule has 1 aromatic heterocycles. The number of aromatic nitrogens is 2. The molecule has 0 radical (unpaired) electrons. The van der Waals surface area contributed by atoms with Gasteiger partial charge in [0.05, 0.1) is 22.9 Å². The molecule has 1 saturated heterocycles. The molecule has 2 aromatic carbocycles. The van der Waals surface area contributed by atoms with Crippen LogP contribution in [0.5, 0.6) is 0 Å². The van der Waals surface area contributed by atoms with Gasteiger partial charge in [0.2, 0.25) is 10.0 Å². The Morgan fingerprint density at radius 2 is 1.87 bits per heavy atom. The summed E-state index contributed by atoms with van der Waals surface area (Å²) in [5.41, 5.74) is -0.0946. The quantitative estimate of drug-likeness (QED) is 0.498. The van der Waals surface area contributed by atoms with Gasteiger partial charge in [-0.25, -0.2) is 17.5 Å². The molecular weight excluding hydrogens is 423 g/mol. The number of benzene rings is 2. The predicted molar refractivity (Wildman–Crippen MR) is 111 cm³/mol. The van der Waals surface area contributed by atoms with Crippen molar-refractivity contribution in [3.63, 3.8) is 0 Å². The molecule has 0 unspecified atom stereocenters. The van der Waals surface area contributed by atoms with Crippen molar-refractivity contribution in [3.05, 3.63) is 78.4 Å². The molecule has 1 aliphatic rings. The number of halogens is 1. The molecule has 3 aromatic rings. The van der Waals surface area contributed by atoms with Gasteiger partial charge in [0.15, 0.2) is 0 Å². The Bertz CT molecular complexity index is 1140. The smallest absolute Gasteiger partial charge is 0.243 e. The number of hydrogen-bond donors (Lipinski definition) is 3. The maximum Gasteiger partial charge on any atom is 0.243 e. The first-order valence-electron chi connectivity index (χ1n) is 9.74. The molecular formula is C21H23FN4O4S. The first kappa shape index (κ1) is 21.6. The third kappa shape index (κ3) is 4.53. The molecule has 2 atom stereocenters. The minimum atomic E-state index is -3.80. The fraction of sp³-hybridized carbons (Fsp3) is 0.286. The molecule has 4 rings (SSSR count). The highest BCUT2D eigenvalue weighted by molar-refractivity contribution is 7.89. The fourth-order valence-electron chi connectivity index (χ4n) is 3.55. The third-order valence-corrected chi connectivity index (χ3v) is 7.14. The van der Waals surface area contributed by atoms with Crippen molar-refractivity contribution in [1.29, 1.82) is 0 Å². The monoisotopic (exact) mass is 446 g/mol. The minimum Gasteiger partial charge on any atom is -0.389 e. The van der Waals surface area contributed by atoms with Crippen LogP contribution in [0.4, 0.5) is 4.39 Å². The lowest BCUT2D eigenvalue weighted by Crippen LogP contribution is -2.50. The van der Waals surface area contributed by atoms with Gasteiger partial charge in [-0.2, -0.15) is 9.40 Å². The maximum atomic E-state index is 13.1. The zero-order chi connectivity index (χ0) is 22.1. The lowest BCUT2D eigenvalue weighted by atomic mass is 10.0.